The van der Waals surface area contributed by atoms with Crippen molar-refractivity contribution in [1.29, 1.82) is 5.26 Å². The van der Waals surface area contributed by atoms with Crippen molar-refractivity contribution in [2.24, 2.45) is 16.6 Å². The predicted molar refractivity (Wildman–Crippen MR) is 134 cm³/mol. The van der Waals surface area contributed by atoms with E-state index in [0.717, 1.165) is 31.5 Å². The van der Waals surface area contributed by atoms with Gasteiger partial charge in [-0.05, 0) is 23.6 Å². The molecule has 2 bridgehead atoms. The number of aromatic nitrogens is 2. The topological polar surface area (TPSA) is 198 Å². The van der Waals surface area contributed by atoms with Crippen molar-refractivity contribution in [3.63, 3.8) is 0 Å². The Kier molecular flexibility index (Phi) is 7.23. The van der Waals surface area contributed by atoms with Gasteiger partial charge in [0.25, 0.3) is 11.8 Å². The van der Waals surface area contributed by atoms with E-state index >= 15 is 0 Å². The maximum Gasteiger partial charge on any atom is 0.280 e. The number of halogens is 1. The summed E-state index contributed by atoms with van der Waals surface area (Å²) in [5, 5.41) is 14.2. The molecule has 3 fully saturated rings. The van der Waals surface area contributed by atoms with Crippen LogP contribution in [-0.2, 0) is 11.3 Å². The van der Waals surface area contributed by atoms with Gasteiger partial charge in [-0.2, -0.15) is 5.26 Å². The Morgan fingerprint density at radius 2 is 1.86 bits per heavy atom. The average Bonchev–Trinajstić information content (AvgIpc) is 2.85. The molecule has 2 aromatic rings. The highest BCUT2D eigenvalue weighted by atomic mass is 35.5. The molecule has 5 rings (SSSR count). The lowest BCUT2D eigenvalue weighted by atomic mass is 9.82. The molecule has 1 aromatic heterocycles. The van der Waals surface area contributed by atoms with Gasteiger partial charge in [-0.3, -0.25) is 14.9 Å². The van der Waals surface area contributed by atoms with Crippen molar-refractivity contribution < 1.29 is 14.1 Å². The number of amides is 2. The third-order valence-electron chi connectivity index (χ3n) is 6.79. The molecular weight excluding hydrogens is 484 g/mol. The lowest BCUT2D eigenvalue weighted by Gasteiger charge is -2.51. The number of nitrogens with two attached hydrogens (primary N) is 3. The Morgan fingerprint density at radius 3 is 2.53 bits per heavy atom. The van der Waals surface area contributed by atoms with Crippen LogP contribution in [0.1, 0.15) is 34.5 Å². The number of fused-ring (bicyclic) bond motifs is 3. The van der Waals surface area contributed by atoms with Gasteiger partial charge in [0.05, 0.1) is 24.7 Å². The van der Waals surface area contributed by atoms with Gasteiger partial charge in [0, 0.05) is 19.4 Å². The highest BCUT2D eigenvalue weighted by molar-refractivity contribution is 6.31. The smallest absolute Gasteiger partial charge is 0.280 e. The van der Waals surface area contributed by atoms with Gasteiger partial charge in [-0.25, -0.2) is 15.0 Å². The van der Waals surface area contributed by atoms with Crippen LogP contribution < -0.4 is 27.8 Å². The van der Waals surface area contributed by atoms with Crippen molar-refractivity contribution in [1.82, 2.24) is 20.6 Å². The minimum absolute atomic E-state index is 0.0435. The van der Waals surface area contributed by atoms with E-state index in [2.05, 4.69) is 31.7 Å². The molecule has 1 aromatic carbocycles. The lowest BCUT2D eigenvalue weighted by Crippen LogP contribution is -2.65. The number of carbonyl (C=O) groups excluding carboxylic acids is 2. The number of carbonyl (C=O) groups is 2. The quantitative estimate of drug-likeness (QED) is 0.205. The lowest BCUT2D eigenvalue weighted by molar-refractivity contribution is -0.936. The fourth-order valence-electron chi connectivity index (χ4n) is 4.87. The number of quaternary nitrogens is 1. The van der Waals surface area contributed by atoms with E-state index in [1.165, 1.54) is 0 Å². The molecule has 12 nitrogen and oxygen atoms in total. The molecule has 36 heavy (non-hydrogen) atoms. The fraction of sp³-hybridized carbons (Fsp3) is 0.391. The number of piperidine rings is 3. The molecule has 0 radical (unpaired) electrons. The first-order valence-corrected chi connectivity index (χ1v) is 11.9. The highest BCUT2D eigenvalue weighted by Gasteiger charge is 2.47. The van der Waals surface area contributed by atoms with Gasteiger partial charge in [0.2, 0.25) is 0 Å². The van der Waals surface area contributed by atoms with Crippen molar-refractivity contribution in [2.75, 3.05) is 37.6 Å². The van der Waals surface area contributed by atoms with Gasteiger partial charge < -0.3 is 27.0 Å². The Labute approximate surface area is 213 Å². The minimum atomic E-state index is -0.685. The van der Waals surface area contributed by atoms with Crippen molar-refractivity contribution in [2.45, 2.75) is 25.4 Å². The molecule has 4 heterocycles. The van der Waals surface area contributed by atoms with Crippen molar-refractivity contribution in [3.8, 4) is 6.07 Å². The third kappa shape index (κ3) is 5.64. The molecule has 0 saturated carbocycles. The van der Waals surface area contributed by atoms with Crippen molar-refractivity contribution in [3.05, 3.63) is 46.2 Å². The van der Waals surface area contributed by atoms with Crippen LogP contribution in [0, 0.1) is 17.2 Å². The first-order valence-electron chi connectivity index (χ1n) is 11.5. The summed E-state index contributed by atoms with van der Waals surface area (Å²) in [6.45, 7) is 3.18. The van der Waals surface area contributed by atoms with Crippen LogP contribution in [0.2, 0.25) is 5.15 Å². The number of anilines is 2. The van der Waals surface area contributed by atoms with Gasteiger partial charge in [0.15, 0.2) is 35.0 Å². The molecule has 3 saturated heterocycles. The minimum Gasteiger partial charge on any atom is -0.382 e. The van der Waals surface area contributed by atoms with Crippen LogP contribution >= 0.6 is 11.6 Å². The van der Waals surface area contributed by atoms with Crippen molar-refractivity contribution >= 4 is 41.0 Å². The Balaban J connectivity index is 1.36. The molecule has 1 atom stereocenters. The highest BCUT2D eigenvalue weighted by Crippen LogP contribution is 2.35. The fourth-order valence-corrected chi connectivity index (χ4v) is 5.00. The van der Waals surface area contributed by atoms with Crippen LogP contribution in [0.5, 0.6) is 0 Å². The second-order valence-corrected chi connectivity index (χ2v) is 9.58. The number of nitriles is 1. The van der Waals surface area contributed by atoms with E-state index in [1.54, 1.807) is 12.1 Å². The molecule has 8 N–H and O–H groups in total. The molecule has 188 valence electrons. The Hall–Kier alpha value is -3.95. The molecule has 2 amide bonds. The monoisotopic (exact) mass is 511 g/mol. The normalized spacial score (nSPS) is 23.1. The largest absolute Gasteiger partial charge is 0.382 e. The Morgan fingerprint density at radius 1 is 1.17 bits per heavy atom. The number of rotatable bonds is 6. The number of nitrogen functional groups attached to an aromatic ring is 2. The van der Waals surface area contributed by atoms with Crippen LogP contribution in [0.15, 0.2) is 29.3 Å². The van der Waals surface area contributed by atoms with Gasteiger partial charge in [-0.1, -0.05) is 23.7 Å². The Bertz CT molecular complexity index is 1230. The van der Waals surface area contributed by atoms with E-state index < -0.39 is 5.91 Å². The summed E-state index contributed by atoms with van der Waals surface area (Å²) in [4.78, 5) is 37.5. The molecule has 3 aliphatic rings. The summed E-state index contributed by atoms with van der Waals surface area (Å²) in [5.41, 5.74) is 18.6. The number of guanidine groups is 1. The zero-order valence-electron chi connectivity index (χ0n) is 19.6. The summed E-state index contributed by atoms with van der Waals surface area (Å²) >= 11 is 5.85. The number of nitrogens with one attached hydrogen (secondary N) is 2. The summed E-state index contributed by atoms with van der Waals surface area (Å²) in [7, 11) is 0. The van der Waals surface area contributed by atoms with E-state index in [0.29, 0.717) is 35.6 Å². The molecule has 3 aliphatic heterocycles. The van der Waals surface area contributed by atoms with E-state index in [1.807, 2.05) is 12.1 Å². The standard InChI is InChI=1S/C23H27ClN10O2/c24-19-21(27)32-20(26)18(31-19)22(36)33-23(28)30-16-11-34(7-5-15(16)6-8-34)12-17(35)29-10-14-3-1-13(9-25)2-4-14/h1-4,15-16H,5-8,10-12H2,(H7-,26,27,28,29,30,32,33,35,36)/p+1/t15?,16-,34?/m1/s1. The molecule has 13 heteroatoms. The van der Waals surface area contributed by atoms with Crippen LogP contribution in [0.4, 0.5) is 11.6 Å². The molecule has 0 spiro atoms. The second kappa shape index (κ2) is 10.3. The second-order valence-electron chi connectivity index (χ2n) is 9.22. The average molecular weight is 512 g/mol. The number of nitrogens with zero attached hydrogens (tertiary/aromatic N) is 5. The number of hydrogen-bond donors (Lipinski definition) is 5. The van der Waals surface area contributed by atoms with Gasteiger partial charge >= 0.3 is 0 Å². The molecule has 0 unspecified atom stereocenters. The summed E-state index contributed by atoms with van der Waals surface area (Å²) in [6, 6.07) is 9.07. The first kappa shape index (κ1) is 25.2. The summed E-state index contributed by atoms with van der Waals surface area (Å²) in [5.74, 6) is -0.695. The van der Waals surface area contributed by atoms with Crippen LogP contribution in [0.25, 0.3) is 0 Å². The third-order valence-corrected chi connectivity index (χ3v) is 7.06. The van der Waals surface area contributed by atoms with E-state index in [9.17, 15) is 9.59 Å². The number of hydrogen-bond acceptors (Lipinski definition) is 8. The summed E-state index contributed by atoms with van der Waals surface area (Å²) in [6.07, 6.45) is 1.84. The van der Waals surface area contributed by atoms with Crippen LogP contribution in [-0.4, -0.2) is 64.4 Å². The molecular formula is C23H28ClN10O2+. The maximum absolute atomic E-state index is 12.8. The SMILES string of the molecule is N#Cc1ccc(CNC(=O)C[N+]23CCC(CC2)[C@H](N=C(N)NC(=O)c2nc(Cl)c(N)nc2N)C3)cc1. The predicted octanol–water partition coefficient (Wildman–Crippen LogP) is 0.136. The van der Waals surface area contributed by atoms with Gasteiger partial charge in [0.1, 0.15) is 12.6 Å². The summed E-state index contributed by atoms with van der Waals surface area (Å²) < 4.78 is 0.622. The van der Waals surface area contributed by atoms with E-state index in [4.69, 9.17) is 34.1 Å². The van der Waals surface area contributed by atoms with Crippen LogP contribution in [0.3, 0.4) is 0 Å². The van der Waals surface area contributed by atoms with E-state index in [-0.39, 0.29) is 40.4 Å². The zero-order valence-corrected chi connectivity index (χ0v) is 20.3. The first-order chi connectivity index (χ1) is 17.2. The molecule has 0 aliphatic carbocycles. The number of aliphatic imine (C=N–C) groups is 1. The number of benzene rings is 1. The van der Waals surface area contributed by atoms with Gasteiger partial charge in [-0.15, -0.1) is 0 Å². The maximum atomic E-state index is 12.8. The zero-order chi connectivity index (χ0) is 25.9.